The first-order valence-electron chi connectivity index (χ1n) is 15.5. The molecule has 6 rings (SSSR count). The molecule has 1 aliphatic carbocycles. The van der Waals surface area contributed by atoms with E-state index in [1.807, 2.05) is 0 Å². The molecule has 13 heteroatoms. The van der Waals surface area contributed by atoms with Gasteiger partial charge in [-0.2, -0.15) is 0 Å². The first kappa shape index (κ1) is 32.1. The predicted molar refractivity (Wildman–Crippen MR) is 173 cm³/mol. The number of methoxy groups -OCH3 is 1. The van der Waals surface area contributed by atoms with Crippen LogP contribution < -0.4 is 24.8 Å². The van der Waals surface area contributed by atoms with Gasteiger partial charge in [0.25, 0.3) is 0 Å². The van der Waals surface area contributed by atoms with Gasteiger partial charge in [-0.3, -0.25) is 15.1 Å². The van der Waals surface area contributed by atoms with Gasteiger partial charge in [-0.25, -0.2) is 18.7 Å². The Morgan fingerprint density at radius 3 is 2.45 bits per heavy atom. The summed E-state index contributed by atoms with van der Waals surface area (Å²) in [6, 6.07) is 13.1. The topological polar surface area (TPSA) is 131 Å². The van der Waals surface area contributed by atoms with Crippen LogP contribution in [0.1, 0.15) is 25.7 Å². The number of halogens is 2. The Balaban J connectivity index is 1.11. The highest BCUT2D eigenvalue weighted by atomic mass is 19.1. The number of ether oxygens (including phenoxy) is 4. The van der Waals surface area contributed by atoms with Gasteiger partial charge in [0.15, 0.2) is 23.1 Å². The van der Waals surface area contributed by atoms with Gasteiger partial charge in [0.2, 0.25) is 11.8 Å². The second-order valence-electron chi connectivity index (χ2n) is 11.5. The maximum atomic E-state index is 15.3. The lowest BCUT2D eigenvalue weighted by atomic mass is 9.67. The fourth-order valence-corrected chi connectivity index (χ4v) is 5.62. The van der Waals surface area contributed by atoms with Crippen molar-refractivity contribution in [3.63, 3.8) is 0 Å². The smallest absolute Gasteiger partial charge is 0.238 e. The summed E-state index contributed by atoms with van der Waals surface area (Å²) in [5.41, 5.74) is 0.159. The standard InChI is InChI=1S/C34H36F2N6O5/c1-44-29-19-25-27(20-30(29)46-15-3-12-42-13-16-45-17-14-42)38-21-39-31(25)47-28-9-8-24(18-26(28)36)40-32(37)34(10-2-11-34)33(43)41-23-6-4-22(35)5-7-23/h4-9,18-21H,2-3,10-17H2,1H3,(H2,37,40)(H,41,43). The van der Waals surface area contributed by atoms with Crippen LogP contribution in [0.2, 0.25) is 0 Å². The van der Waals surface area contributed by atoms with Gasteiger partial charge in [-0.15, -0.1) is 0 Å². The number of morpholine rings is 1. The molecule has 2 fully saturated rings. The quantitative estimate of drug-likeness (QED) is 0.0963. The van der Waals surface area contributed by atoms with Gasteiger partial charge >= 0.3 is 0 Å². The average molecular weight is 647 g/mol. The first-order chi connectivity index (χ1) is 22.8. The third-order valence-electron chi connectivity index (χ3n) is 8.49. The molecule has 1 saturated heterocycles. The highest BCUT2D eigenvalue weighted by molar-refractivity contribution is 6.16. The summed E-state index contributed by atoms with van der Waals surface area (Å²) >= 11 is 0. The summed E-state index contributed by atoms with van der Waals surface area (Å²) in [5.74, 6) is -0.489. The number of hydrogen-bond donors (Lipinski definition) is 3. The van der Waals surface area contributed by atoms with Gasteiger partial charge in [-0.05, 0) is 61.7 Å². The Bertz CT molecular complexity index is 1750. The van der Waals surface area contributed by atoms with Crippen LogP contribution >= 0.6 is 0 Å². The maximum absolute atomic E-state index is 15.3. The number of nitrogens with one attached hydrogen (secondary N) is 3. The van der Waals surface area contributed by atoms with Crippen LogP contribution in [0.3, 0.4) is 0 Å². The van der Waals surface area contributed by atoms with Gasteiger partial charge in [0.1, 0.15) is 23.4 Å². The molecule has 1 aliphatic heterocycles. The monoisotopic (exact) mass is 646 g/mol. The van der Waals surface area contributed by atoms with Crippen LogP contribution in [-0.4, -0.2) is 73.2 Å². The Morgan fingerprint density at radius 2 is 1.74 bits per heavy atom. The SMILES string of the molecule is COc1cc2c(Oc3ccc(NC(=N)C4(C(=O)Nc5ccc(F)cc5)CCC4)cc3F)ncnc2cc1OCCCN1CCOCC1. The number of carbonyl (C=O) groups is 1. The third kappa shape index (κ3) is 7.26. The number of carbonyl (C=O) groups excluding carboxylic acids is 1. The summed E-state index contributed by atoms with van der Waals surface area (Å²) in [6.07, 6.45) is 3.86. The van der Waals surface area contributed by atoms with E-state index in [1.54, 1.807) is 18.2 Å². The van der Waals surface area contributed by atoms with Crippen molar-refractivity contribution >= 4 is 34.0 Å². The molecule has 2 aliphatic rings. The highest BCUT2D eigenvalue weighted by Gasteiger charge is 2.48. The molecule has 0 bridgehead atoms. The normalized spacial score (nSPS) is 15.8. The van der Waals surface area contributed by atoms with E-state index in [-0.39, 0.29) is 29.1 Å². The van der Waals surface area contributed by atoms with Gasteiger partial charge in [0, 0.05) is 43.1 Å². The lowest BCUT2D eigenvalue weighted by Crippen LogP contribution is -2.50. The zero-order valence-electron chi connectivity index (χ0n) is 26.0. The van der Waals surface area contributed by atoms with Crippen molar-refractivity contribution in [2.45, 2.75) is 25.7 Å². The number of fused-ring (bicyclic) bond motifs is 1. The molecule has 3 aromatic carbocycles. The molecule has 246 valence electrons. The van der Waals surface area contributed by atoms with Crippen molar-refractivity contribution in [2.24, 2.45) is 5.41 Å². The van der Waals surface area contributed by atoms with E-state index < -0.39 is 17.0 Å². The van der Waals surface area contributed by atoms with Crippen molar-refractivity contribution in [1.29, 1.82) is 5.41 Å². The van der Waals surface area contributed by atoms with Crippen molar-refractivity contribution in [3.8, 4) is 23.1 Å². The van der Waals surface area contributed by atoms with E-state index in [9.17, 15) is 9.18 Å². The number of hydrogen-bond acceptors (Lipinski definition) is 9. The van der Waals surface area contributed by atoms with Crippen molar-refractivity contribution in [3.05, 3.63) is 72.6 Å². The van der Waals surface area contributed by atoms with Crippen LogP contribution in [0.4, 0.5) is 20.2 Å². The van der Waals surface area contributed by atoms with Crippen LogP contribution in [0.15, 0.2) is 60.9 Å². The first-order valence-corrected chi connectivity index (χ1v) is 15.5. The lowest BCUT2D eigenvalue weighted by molar-refractivity contribution is -0.125. The number of aromatic nitrogens is 2. The summed E-state index contributed by atoms with van der Waals surface area (Å²) in [7, 11) is 1.54. The van der Waals surface area contributed by atoms with Crippen LogP contribution in [0, 0.1) is 22.5 Å². The molecule has 1 aromatic heterocycles. The number of amides is 1. The fraction of sp³-hybridized carbons (Fsp3) is 0.353. The maximum Gasteiger partial charge on any atom is 0.238 e. The molecule has 0 unspecified atom stereocenters. The molecule has 0 spiro atoms. The minimum atomic E-state index is -1.09. The molecular formula is C34H36F2N6O5. The number of rotatable bonds is 12. The number of amidine groups is 1. The molecule has 1 amide bonds. The Kier molecular flexibility index (Phi) is 9.73. The van der Waals surface area contributed by atoms with Crippen molar-refractivity contribution in [1.82, 2.24) is 14.9 Å². The molecule has 0 atom stereocenters. The Morgan fingerprint density at radius 1 is 0.979 bits per heavy atom. The fourth-order valence-electron chi connectivity index (χ4n) is 5.62. The van der Waals surface area contributed by atoms with Crippen molar-refractivity contribution < 1.29 is 32.5 Å². The minimum absolute atomic E-state index is 0.0514. The van der Waals surface area contributed by atoms with Crippen LogP contribution in [0.25, 0.3) is 10.9 Å². The third-order valence-corrected chi connectivity index (χ3v) is 8.49. The molecule has 11 nitrogen and oxygen atoms in total. The van der Waals surface area contributed by atoms with E-state index in [1.165, 1.54) is 49.8 Å². The average Bonchev–Trinajstić information content (AvgIpc) is 3.05. The summed E-state index contributed by atoms with van der Waals surface area (Å²) < 4.78 is 51.5. The highest BCUT2D eigenvalue weighted by Crippen LogP contribution is 2.43. The largest absolute Gasteiger partial charge is 0.493 e. The summed E-state index contributed by atoms with van der Waals surface area (Å²) in [4.78, 5) is 24.1. The number of benzene rings is 3. The Labute approximate surface area is 270 Å². The molecular weight excluding hydrogens is 610 g/mol. The van der Waals surface area contributed by atoms with Crippen molar-refractivity contribution in [2.75, 3.05) is 57.2 Å². The molecule has 0 radical (unpaired) electrons. The summed E-state index contributed by atoms with van der Waals surface area (Å²) in [6.45, 7) is 4.75. The molecule has 2 heterocycles. The van der Waals surface area contributed by atoms with E-state index >= 15 is 4.39 Å². The number of nitrogens with zero attached hydrogens (tertiary/aromatic N) is 3. The van der Waals surface area contributed by atoms with E-state index in [2.05, 4.69) is 25.5 Å². The lowest BCUT2D eigenvalue weighted by Gasteiger charge is -2.40. The molecule has 1 saturated carbocycles. The minimum Gasteiger partial charge on any atom is -0.493 e. The van der Waals surface area contributed by atoms with Gasteiger partial charge < -0.3 is 29.6 Å². The van der Waals surface area contributed by atoms with Gasteiger partial charge in [0.05, 0.1) is 37.8 Å². The van der Waals surface area contributed by atoms with E-state index in [0.717, 1.165) is 45.7 Å². The zero-order valence-corrected chi connectivity index (χ0v) is 26.0. The van der Waals surface area contributed by atoms with E-state index in [4.69, 9.17) is 24.4 Å². The molecule has 47 heavy (non-hydrogen) atoms. The second kappa shape index (κ2) is 14.3. The zero-order chi connectivity index (χ0) is 32.8. The molecule has 3 N–H and O–H groups in total. The summed E-state index contributed by atoms with van der Waals surface area (Å²) in [5, 5.41) is 14.8. The molecule has 4 aromatic rings. The van der Waals surface area contributed by atoms with Crippen LogP contribution in [0.5, 0.6) is 23.1 Å². The second-order valence-corrected chi connectivity index (χ2v) is 11.5. The Hall–Kier alpha value is -4.88. The number of anilines is 2. The van der Waals surface area contributed by atoms with E-state index in [0.29, 0.717) is 47.5 Å². The van der Waals surface area contributed by atoms with Gasteiger partial charge in [-0.1, -0.05) is 6.42 Å². The van der Waals surface area contributed by atoms with Crippen LogP contribution in [-0.2, 0) is 9.53 Å². The predicted octanol–water partition coefficient (Wildman–Crippen LogP) is 6.01.